The van der Waals surface area contributed by atoms with Crippen LogP contribution in [-0.2, 0) is 9.47 Å². The summed E-state index contributed by atoms with van der Waals surface area (Å²) in [6.45, 7) is 6.34. The molecule has 1 fully saturated rings. The number of para-hydroxylation sites is 1. The topological polar surface area (TPSA) is 39.7 Å². The molecule has 2 atom stereocenters. The molecular weight excluding hydrogens is 278 g/mol. The van der Waals surface area contributed by atoms with E-state index < -0.39 is 0 Å². The monoisotopic (exact) mass is 305 g/mol. The minimum atomic E-state index is 0.314. The molecule has 1 saturated heterocycles. The van der Waals surface area contributed by atoms with Crippen LogP contribution in [0.2, 0.25) is 0 Å². The van der Waals surface area contributed by atoms with Crippen molar-refractivity contribution in [2.75, 3.05) is 33.0 Å². The first kappa shape index (κ1) is 15.8. The lowest BCUT2D eigenvalue weighted by molar-refractivity contribution is 0.0413. The number of nitrogens with one attached hydrogen (secondary N) is 1. The van der Waals surface area contributed by atoms with Gasteiger partial charge in [0.2, 0.25) is 0 Å². The number of fused-ring (bicyclic) bond motifs is 1. The first-order valence-electron chi connectivity index (χ1n) is 8.49. The van der Waals surface area contributed by atoms with Gasteiger partial charge in [-0.1, -0.05) is 18.2 Å². The van der Waals surface area contributed by atoms with Crippen LogP contribution in [-0.4, -0.2) is 39.1 Å². The second kappa shape index (κ2) is 7.95. The van der Waals surface area contributed by atoms with Crippen LogP contribution in [0, 0.1) is 6.92 Å². The molecule has 2 aliphatic rings. The molecule has 3 rings (SSSR count). The van der Waals surface area contributed by atoms with Crippen molar-refractivity contribution < 1.29 is 14.2 Å². The number of ether oxygens (including phenoxy) is 3. The van der Waals surface area contributed by atoms with E-state index >= 15 is 0 Å². The Hall–Kier alpha value is -1.10. The summed E-state index contributed by atoms with van der Waals surface area (Å²) in [7, 11) is 0. The van der Waals surface area contributed by atoms with E-state index in [1.165, 1.54) is 11.1 Å². The molecule has 0 spiro atoms. The zero-order valence-corrected chi connectivity index (χ0v) is 13.5. The van der Waals surface area contributed by atoms with Gasteiger partial charge in [0.15, 0.2) is 0 Å². The lowest BCUT2D eigenvalue weighted by Gasteiger charge is -2.19. The molecular formula is C18H27NO3. The molecule has 0 aromatic heterocycles. The van der Waals surface area contributed by atoms with E-state index in [0.717, 1.165) is 64.4 Å². The Morgan fingerprint density at radius 3 is 3.09 bits per heavy atom. The molecule has 0 saturated carbocycles. The minimum Gasteiger partial charge on any atom is -0.493 e. The van der Waals surface area contributed by atoms with Crippen LogP contribution in [0.5, 0.6) is 5.75 Å². The van der Waals surface area contributed by atoms with Crippen LogP contribution >= 0.6 is 0 Å². The molecule has 2 aliphatic heterocycles. The number of aryl methyl sites for hydroxylation is 1. The summed E-state index contributed by atoms with van der Waals surface area (Å²) in [6, 6.07) is 6.84. The first-order valence-corrected chi connectivity index (χ1v) is 8.49. The summed E-state index contributed by atoms with van der Waals surface area (Å²) < 4.78 is 17.1. The molecule has 0 radical (unpaired) electrons. The average molecular weight is 305 g/mol. The lowest BCUT2D eigenvalue weighted by atomic mass is 10.00. The van der Waals surface area contributed by atoms with Crippen molar-refractivity contribution >= 4 is 0 Å². The van der Waals surface area contributed by atoms with Gasteiger partial charge in [-0.2, -0.15) is 0 Å². The van der Waals surface area contributed by atoms with Crippen LogP contribution in [0.3, 0.4) is 0 Å². The van der Waals surface area contributed by atoms with Crippen molar-refractivity contribution in [3.8, 4) is 5.75 Å². The third-order valence-corrected chi connectivity index (χ3v) is 4.45. The van der Waals surface area contributed by atoms with Crippen LogP contribution in [0.15, 0.2) is 18.2 Å². The molecule has 0 amide bonds. The zero-order chi connectivity index (χ0) is 15.2. The predicted molar refractivity (Wildman–Crippen MR) is 86.4 cm³/mol. The highest BCUT2D eigenvalue weighted by atomic mass is 16.5. The maximum atomic E-state index is 5.93. The highest BCUT2D eigenvalue weighted by Gasteiger charge is 2.20. The summed E-state index contributed by atoms with van der Waals surface area (Å²) in [5.41, 5.74) is 2.54. The van der Waals surface area contributed by atoms with Gasteiger partial charge in [0.25, 0.3) is 0 Å². The largest absolute Gasteiger partial charge is 0.493 e. The summed E-state index contributed by atoms with van der Waals surface area (Å²) in [6.07, 6.45) is 4.62. The fourth-order valence-electron chi connectivity index (χ4n) is 3.22. The van der Waals surface area contributed by atoms with Crippen LogP contribution in [0.4, 0.5) is 0 Å². The fraction of sp³-hybridized carbons (Fsp3) is 0.667. The smallest absolute Gasteiger partial charge is 0.126 e. The minimum absolute atomic E-state index is 0.314. The number of hydrogen-bond donors (Lipinski definition) is 1. The summed E-state index contributed by atoms with van der Waals surface area (Å²) in [5, 5.41) is 3.68. The predicted octanol–water partition coefficient (Wildman–Crippen LogP) is 2.99. The Bertz CT molecular complexity index is 471. The Kier molecular flexibility index (Phi) is 5.70. The van der Waals surface area contributed by atoms with E-state index in [2.05, 4.69) is 30.4 Å². The second-order valence-corrected chi connectivity index (χ2v) is 6.20. The molecule has 0 unspecified atom stereocenters. The average Bonchev–Trinajstić information content (AvgIpc) is 2.95. The Morgan fingerprint density at radius 1 is 1.27 bits per heavy atom. The van der Waals surface area contributed by atoms with E-state index in [1.807, 2.05) is 0 Å². The maximum absolute atomic E-state index is 5.93. The number of benzene rings is 1. The van der Waals surface area contributed by atoms with E-state index in [-0.39, 0.29) is 0 Å². The first-order chi connectivity index (χ1) is 10.8. The zero-order valence-electron chi connectivity index (χ0n) is 13.5. The third kappa shape index (κ3) is 4.00. The van der Waals surface area contributed by atoms with E-state index in [4.69, 9.17) is 14.2 Å². The van der Waals surface area contributed by atoms with Gasteiger partial charge in [-0.15, -0.1) is 0 Å². The Morgan fingerprint density at radius 2 is 2.23 bits per heavy atom. The summed E-state index contributed by atoms with van der Waals surface area (Å²) in [4.78, 5) is 0. The second-order valence-electron chi connectivity index (χ2n) is 6.20. The van der Waals surface area contributed by atoms with Gasteiger partial charge in [0.05, 0.1) is 19.3 Å². The van der Waals surface area contributed by atoms with Gasteiger partial charge in [-0.25, -0.2) is 0 Å². The van der Waals surface area contributed by atoms with Crippen molar-refractivity contribution in [3.63, 3.8) is 0 Å². The van der Waals surface area contributed by atoms with Gasteiger partial charge in [-0.3, -0.25) is 0 Å². The molecule has 1 N–H and O–H groups in total. The number of hydrogen-bond acceptors (Lipinski definition) is 4. The van der Waals surface area contributed by atoms with Crippen LogP contribution < -0.4 is 10.1 Å². The quantitative estimate of drug-likeness (QED) is 0.820. The lowest BCUT2D eigenvalue weighted by Crippen LogP contribution is -2.24. The van der Waals surface area contributed by atoms with E-state index in [1.54, 1.807) is 0 Å². The van der Waals surface area contributed by atoms with Crippen LogP contribution in [0.1, 0.15) is 42.9 Å². The van der Waals surface area contributed by atoms with Crippen molar-refractivity contribution in [1.29, 1.82) is 0 Å². The molecule has 22 heavy (non-hydrogen) atoms. The standard InChI is InChI=1S/C18H27NO3/c1-14-5-2-6-16-17(7-3-10-22-18(14)16)19-9-4-11-21-15-8-12-20-13-15/h2,5-6,15,17,19H,3-4,7-13H2,1H3/t15-,17+/m0/s1. The molecule has 0 aliphatic carbocycles. The third-order valence-electron chi connectivity index (χ3n) is 4.45. The van der Waals surface area contributed by atoms with Crippen molar-refractivity contribution in [2.45, 2.75) is 44.8 Å². The maximum Gasteiger partial charge on any atom is 0.126 e. The molecule has 2 heterocycles. The van der Waals surface area contributed by atoms with Crippen LogP contribution in [0.25, 0.3) is 0 Å². The van der Waals surface area contributed by atoms with Gasteiger partial charge < -0.3 is 19.5 Å². The molecule has 1 aromatic carbocycles. The normalized spacial score (nSPS) is 24.6. The number of rotatable bonds is 6. The van der Waals surface area contributed by atoms with Gasteiger partial charge in [0, 0.05) is 24.8 Å². The van der Waals surface area contributed by atoms with Gasteiger partial charge in [0.1, 0.15) is 5.75 Å². The van der Waals surface area contributed by atoms with Crippen molar-refractivity contribution in [2.24, 2.45) is 0 Å². The molecule has 0 bridgehead atoms. The Labute approximate surface area is 133 Å². The highest BCUT2D eigenvalue weighted by molar-refractivity contribution is 5.43. The van der Waals surface area contributed by atoms with Crippen molar-refractivity contribution in [3.05, 3.63) is 29.3 Å². The summed E-state index contributed by atoms with van der Waals surface area (Å²) >= 11 is 0. The van der Waals surface area contributed by atoms with E-state index in [9.17, 15) is 0 Å². The van der Waals surface area contributed by atoms with Crippen molar-refractivity contribution in [1.82, 2.24) is 5.32 Å². The fourth-order valence-corrected chi connectivity index (χ4v) is 3.22. The Balaban J connectivity index is 1.47. The van der Waals surface area contributed by atoms with E-state index in [0.29, 0.717) is 12.1 Å². The summed E-state index contributed by atoms with van der Waals surface area (Å²) in [5.74, 6) is 1.08. The SMILES string of the molecule is Cc1cccc2c1OCCC[C@H]2NCCCO[C@H]1CCOC1. The highest BCUT2D eigenvalue weighted by Crippen LogP contribution is 2.33. The molecule has 122 valence electrons. The molecule has 4 nitrogen and oxygen atoms in total. The van der Waals surface area contributed by atoms with Gasteiger partial charge >= 0.3 is 0 Å². The molecule has 1 aromatic rings. The molecule has 4 heteroatoms. The van der Waals surface area contributed by atoms with Gasteiger partial charge in [-0.05, 0) is 44.7 Å².